The number of hydrogen-bond acceptors (Lipinski definition) is 6. The van der Waals surface area contributed by atoms with E-state index in [9.17, 15) is 13.0 Å². The zero-order chi connectivity index (χ0) is 47.1. The van der Waals surface area contributed by atoms with Gasteiger partial charge in [-0.1, -0.05) is 0 Å². The van der Waals surface area contributed by atoms with Crippen LogP contribution in [0.25, 0.3) is 0 Å². The summed E-state index contributed by atoms with van der Waals surface area (Å²) in [6.45, 7) is -9.02. The molecule has 0 unspecified atom stereocenters. The maximum absolute atomic E-state index is 15.7. The predicted molar refractivity (Wildman–Crippen MR) is 278 cm³/mol. The van der Waals surface area contributed by atoms with E-state index in [2.05, 4.69) is 0 Å². The predicted octanol–water partition coefficient (Wildman–Crippen LogP) is 10.5. The average molecular weight is 951 g/mol. The minimum atomic E-state index is -5.04. The topological polar surface area (TPSA) is 107 Å². The second kappa shape index (κ2) is 18.8. The third-order valence-electron chi connectivity index (χ3n) is 12.7. The van der Waals surface area contributed by atoms with Crippen molar-refractivity contribution in [2.24, 2.45) is 0 Å². The van der Waals surface area contributed by atoms with Crippen LogP contribution < -0.4 is 31.8 Å². The summed E-state index contributed by atoms with van der Waals surface area (Å²) >= 11 is 0. The molecule has 0 fully saturated rings. The molecule has 9 aromatic rings. The van der Waals surface area contributed by atoms with Gasteiger partial charge in [-0.3, -0.25) is 0 Å². The molecule has 0 amide bonds. The summed E-state index contributed by atoms with van der Waals surface area (Å²) in [5.41, 5.74) is 1.22. The van der Waals surface area contributed by atoms with Gasteiger partial charge >= 0.3 is 399 Å². The summed E-state index contributed by atoms with van der Waals surface area (Å²) in [7, 11) is -5.04. The van der Waals surface area contributed by atoms with Crippen LogP contribution in [0.5, 0.6) is 0 Å². The van der Waals surface area contributed by atoms with Crippen LogP contribution in [0.15, 0.2) is 266 Å². The van der Waals surface area contributed by atoms with Crippen molar-refractivity contribution < 1.29 is 31.6 Å². The first-order valence-corrected chi connectivity index (χ1v) is 28.2. The summed E-state index contributed by atoms with van der Waals surface area (Å²) in [5, 5.41) is 4.45. The Kier molecular flexibility index (Phi) is 12.6. The molecule has 0 saturated heterocycles. The quantitative estimate of drug-likeness (QED) is 0.0806. The van der Waals surface area contributed by atoms with Crippen molar-refractivity contribution in [3.63, 3.8) is 0 Å². The van der Waals surface area contributed by atoms with Gasteiger partial charge in [0, 0.05) is 0 Å². The minimum absolute atomic E-state index is 0.239. The van der Waals surface area contributed by atoms with E-state index < -0.39 is 40.6 Å². The van der Waals surface area contributed by atoms with Crippen molar-refractivity contribution in [2.75, 3.05) is 0 Å². The van der Waals surface area contributed by atoms with Crippen LogP contribution in [0.3, 0.4) is 0 Å². The Bertz CT molecular complexity index is 2890. The van der Waals surface area contributed by atoms with Crippen molar-refractivity contribution >= 4 is 67.5 Å². The van der Waals surface area contributed by atoms with Crippen molar-refractivity contribution in [3.8, 4) is 0 Å². The number of hydrogen-bond donors (Lipinski definition) is 1. The second-order valence-corrected chi connectivity index (χ2v) is 27.1. The summed E-state index contributed by atoms with van der Waals surface area (Å²) < 4.78 is 52.2. The van der Waals surface area contributed by atoms with Gasteiger partial charge in [-0.25, -0.2) is 0 Å². The van der Waals surface area contributed by atoms with Crippen LogP contribution in [0.1, 0.15) is 31.8 Å². The zero-order valence-corrected chi connectivity index (χ0v) is 39.5. The monoisotopic (exact) mass is 950 g/mol. The SMILES string of the molecule is O=C(OP(Cc1ccccc1)(c1ccccc1)(c1ccccc1)c1ccccc1)c1cc(C(=O)OP(Cc2ccccc2)(c2ccccc2)(c2ccccc2)c2ccccc2)cc(S(=O)(=O)O)c1. The van der Waals surface area contributed by atoms with E-state index in [1.807, 2.05) is 243 Å². The zero-order valence-electron chi connectivity index (χ0n) is 36.9. The van der Waals surface area contributed by atoms with Crippen molar-refractivity contribution in [1.29, 1.82) is 0 Å². The molecule has 0 spiro atoms. The first-order chi connectivity index (χ1) is 33.0. The van der Waals surface area contributed by atoms with Gasteiger partial charge in [-0.05, 0) is 0 Å². The number of rotatable bonds is 15. The summed E-state index contributed by atoms with van der Waals surface area (Å²) in [4.78, 5) is 30.7. The van der Waals surface area contributed by atoms with Crippen LogP contribution in [-0.4, -0.2) is 24.9 Å². The summed E-state index contributed by atoms with van der Waals surface area (Å²) in [5.74, 6) is -1.82. The van der Waals surface area contributed by atoms with Crippen molar-refractivity contribution in [1.82, 2.24) is 0 Å². The molecule has 0 bridgehead atoms. The molecule has 0 aromatic heterocycles. The van der Waals surface area contributed by atoms with Gasteiger partial charge in [0.1, 0.15) is 0 Å². The van der Waals surface area contributed by atoms with E-state index in [4.69, 9.17) is 9.05 Å². The van der Waals surface area contributed by atoms with E-state index in [0.29, 0.717) is 0 Å². The third-order valence-corrected chi connectivity index (χ3v) is 25.0. The Morgan fingerprint density at radius 1 is 0.353 bits per heavy atom. The first kappa shape index (κ1) is 45.8. The van der Waals surface area contributed by atoms with Crippen LogP contribution in [0.2, 0.25) is 0 Å². The van der Waals surface area contributed by atoms with Gasteiger partial charge in [-0.15, -0.1) is 0 Å². The number of carbonyl (C=O) groups is 2. The molecule has 0 heterocycles. The van der Waals surface area contributed by atoms with E-state index in [1.54, 1.807) is 0 Å². The third kappa shape index (κ3) is 8.16. The average Bonchev–Trinajstić information content (AvgIpc) is 3.40. The molecular formula is C58H48O7P2S. The number of benzene rings is 9. The molecule has 10 heteroatoms. The fourth-order valence-electron chi connectivity index (χ4n) is 9.60. The Labute approximate surface area is 397 Å². The molecular weight excluding hydrogens is 903 g/mol. The van der Waals surface area contributed by atoms with Crippen molar-refractivity contribution in [3.05, 3.63) is 283 Å². The molecule has 9 aromatic carbocycles. The van der Waals surface area contributed by atoms with E-state index in [0.717, 1.165) is 55.1 Å². The van der Waals surface area contributed by atoms with Gasteiger partial charge in [-0.2, -0.15) is 0 Å². The van der Waals surface area contributed by atoms with Crippen molar-refractivity contribution in [2.45, 2.75) is 17.2 Å². The van der Waals surface area contributed by atoms with Gasteiger partial charge in [0.15, 0.2) is 0 Å². The van der Waals surface area contributed by atoms with Crippen LogP contribution in [0, 0.1) is 0 Å². The fraction of sp³-hybridized carbons (Fsp3) is 0.0345. The first-order valence-electron chi connectivity index (χ1n) is 22.1. The molecule has 68 heavy (non-hydrogen) atoms. The van der Waals surface area contributed by atoms with Crippen LogP contribution >= 0.6 is 13.7 Å². The maximum atomic E-state index is 15.7. The Balaban J connectivity index is 1.29. The molecule has 0 radical (unpaired) electrons. The van der Waals surface area contributed by atoms with E-state index in [1.165, 1.54) is 6.07 Å². The molecule has 0 aliphatic heterocycles. The van der Waals surface area contributed by atoms with E-state index >= 15 is 9.59 Å². The van der Waals surface area contributed by atoms with Gasteiger partial charge in [0.2, 0.25) is 0 Å². The normalized spacial score (nSPS) is 12.9. The molecule has 0 aliphatic carbocycles. The van der Waals surface area contributed by atoms with Crippen LogP contribution in [-0.2, 0) is 31.5 Å². The van der Waals surface area contributed by atoms with Gasteiger partial charge < -0.3 is 0 Å². The molecule has 0 atom stereocenters. The molecule has 0 saturated carbocycles. The molecule has 1 N–H and O–H groups in total. The number of carbonyl (C=O) groups excluding carboxylic acids is 2. The molecule has 7 nitrogen and oxygen atoms in total. The molecule has 0 aliphatic rings. The van der Waals surface area contributed by atoms with E-state index in [-0.39, 0.29) is 23.5 Å². The summed E-state index contributed by atoms with van der Waals surface area (Å²) in [6, 6.07) is 80.7. The Morgan fingerprint density at radius 2 is 0.574 bits per heavy atom. The van der Waals surface area contributed by atoms with Crippen LogP contribution in [0.4, 0.5) is 0 Å². The van der Waals surface area contributed by atoms with Gasteiger partial charge in [0.25, 0.3) is 0 Å². The van der Waals surface area contributed by atoms with Gasteiger partial charge in [0.05, 0.1) is 0 Å². The second-order valence-electron chi connectivity index (χ2n) is 16.7. The summed E-state index contributed by atoms with van der Waals surface area (Å²) in [6.07, 6.45) is 0.477. The molecule has 338 valence electrons. The Morgan fingerprint density at radius 3 is 0.794 bits per heavy atom. The standard InChI is InChI=1S/C58H48O7P2S/c59-57(64-66(50-29-13-3-14-30-50,51-31-15-4-16-32-51,52-33-17-5-18-34-52)44-46-25-9-1-10-26-46)48-41-49(43-56(42-48)68(61,62)63)58(60)65-67(53-35-19-6-20-36-53,54-37-21-7-22-38-54,55-39-23-8-24-40-55)45-47-27-11-2-12-28-47/h1-43H,44-45H2,(H,61,62,63). The fourth-order valence-corrected chi connectivity index (χ4v) is 21.4. The Hall–Kier alpha value is -7.31. The molecule has 9 rings (SSSR count).